The smallest absolute Gasteiger partial charge is 0.306 e. The van der Waals surface area contributed by atoms with Gasteiger partial charge in [-0.1, -0.05) is 278 Å². The SMILES string of the molecule is CC/C=C\C/C=C\C/C=C\C/C=C\C/C=C\C/C=C\C/C=C\C/C=C\CCCCCCCCCCCCC(=O)OC(COC(=O)CCCCCCCCCCCCCCCCCCCCC)COP(=O)([O-])OCC[N+](C)(C)C. The molecule has 0 aliphatic rings. The molecule has 450 valence electrons. The Morgan fingerprint density at radius 1 is 0.410 bits per heavy atom. The number of phosphoric acid groups is 1. The second kappa shape index (κ2) is 58.6. The van der Waals surface area contributed by atoms with Crippen LogP contribution in [0.5, 0.6) is 0 Å². The fourth-order valence-corrected chi connectivity index (χ4v) is 9.46. The van der Waals surface area contributed by atoms with Gasteiger partial charge in [-0.05, 0) is 77.0 Å². The zero-order valence-electron chi connectivity index (χ0n) is 51.1. The summed E-state index contributed by atoms with van der Waals surface area (Å²) in [6, 6.07) is 0. The van der Waals surface area contributed by atoms with E-state index in [1.807, 2.05) is 21.1 Å². The van der Waals surface area contributed by atoms with Crippen LogP contribution in [0.2, 0.25) is 0 Å². The number of carbonyl (C=O) groups excluding carboxylic acids is 2. The number of rotatable bonds is 58. The minimum Gasteiger partial charge on any atom is -0.756 e. The molecule has 0 aromatic heterocycles. The van der Waals surface area contributed by atoms with E-state index >= 15 is 0 Å². The first-order chi connectivity index (χ1) is 38.0. The monoisotopic (exact) mass is 1110 g/mol. The highest BCUT2D eigenvalue weighted by Crippen LogP contribution is 2.38. The number of quaternary nitrogens is 1. The van der Waals surface area contributed by atoms with Gasteiger partial charge in [0.1, 0.15) is 19.8 Å². The summed E-state index contributed by atoms with van der Waals surface area (Å²) in [5.41, 5.74) is 0. The first-order valence-electron chi connectivity index (χ1n) is 31.9. The van der Waals surface area contributed by atoms with Crippen LogP contribution >= 0.6 is 7.82 Å². The van der Waals surface area contributed by atoms with E-state index in [4.69, 9.17) is 18.5 Å². The fraction of sp³-hybridized carbons (Fsp3) is 0.735. The highest BCUT2D eigenvalue weighted by molar-refractivity contribution is 7.45. The molecule has 0 aliphatic heterocycles. The van der Waals surface area contributed by atoms with Gasteiger partial charge in [0.25, 0.3) is 7.82 Å². The Kier molecular flexibility index (Phi) is 56.3. The number of esters is 2. The van der Waals surface area contributed by atoms with Crippen molar-refractivity contribution in [3.8, 4) is 0 Å². The largest absolute Gasteiger partial charge is 0.756 e. The Morgan fingerprint density at radius 3 is 1.09 bits per heavy atom. The quantitative estimate of drug-likeness (QED) is 0.0195. The molecule has 0 fully saturated rings. The summed E-state index contributed by atoms with van der Waals surface area (Å²) in [5, 5.41) is 0. The van der Waals surface area contributed by atoms with Crippen LogP contribution in [-0.4, -0.2) is 70.0 Å². The van der Waals surface area contributed by atoms with Gasteiger partial charge in [0.2, 0.25) is 0 Å². The van der Waals surface area contributed by atoms with Crippen molar-refractivity contribution >= 4 is 19.8 Å². The van der Waals surface area contributed by atoms with Crippen LogP contribution < -0.4 is 4.89 Å². The van der Waals surface area contributed by atoms with Gasteiger partial charge >= 0.3 is 11.9 Å². The Bertz CT molecular complexity index is 1640. The van der Waals surface area contributed by atoms with Gasteiger partial charge in [-0.25, -0.2) is 0 Å². The minimum absolute atomic E-state index is 0.0340. The molecule has 78 heavy (non-hydrogen) atoms. The van der Waals surface area contributed by atoms with Crippen molar-refractivity contribution in [2.45, 2.75) is 277 Å². The lowest BCUT2D eigenvalue weighted by Crippen LogP contribution is -2.37. The number of nitrogens with zero attached hydrogens (tertiary/aromatic N) is 1. The first-order valence-corrected chi connectivity index (χ1v) is 33.4. The van der Waals surface area contributed by atoms with Gasteiger partial charge in [0.05, 0.1) is 27.7 Å². The maximum Gasteiger partial charge on any atom is 0.306 e. The average Bonchev–Trinajstić information content (AvgIpc) is 3.41. The molecule has 0 N–H and O–H groups in total. The van der Waals surface area contributed by atoms with Crippen LogP contribution in [0, 0.1) is 0 Å². The highest BCUT2D eigenvalue weighted by atomic mass is 31.2. The maximum absolute atomic E-state index is 12.8. The molecule has 0 radical (unpaired) electrons. The summed E-state index contributed by atoms with van der Waals surface area (Å²) in [7, 11) is 1.16. The van der Waals surface area contributed by atoms with Gasteiger partial charge in [-0.15, -0.1) is 0 Å². The topological polar surface area (TPSA) is 111 Å². The molecule has 0 spiro atoms. The normalized spacial score (nSPS) is 13.9. The summed E-state index contributed by atoms with van der Waals surface area (Å²) in [6.07, 6.45) is 80.3. The van der Waals surface area contributed by atoms with Crippen LogP contribution in [0.3, 0.4) is 0 Å². The molecule has 9 nitrogen and oxygen atoms in total. The number of hydrogen-bond acceptors (Lipinski definition) is 8. The first kappa shape index (κ1) is 74.9. The molecule has 2 unspecified atom stereocenters. The van der Waals surface area contributed by atoms with E-state index in [0.717, 1.165) is 96.3 Å². The van der Waals surface area contributed by atoms with Crippen molar-refractivity contribution in [3.05, 3.63) is 97.2 Å². The van der Waals surface area contributed by atoms with E-state index in [0.29, 0.717) is 17.4 Å². The molecule has 0 aromatic rings. The number of likely N-dealkylation sites (N-methyl/N-ethyl adjacent to an activating group) is 1. The number of carbonyl (C=O) groups is 2. The van der Waals surface area contributed by atoms with Gasteiger partial charge in [-0.3, -0.25) is 14.2 Å². The number of ether oxygens (including phenoxy) is 2. The van der Waals surface area contributed by atoms with Crippen LogP contribution in [0.15, 0.2) is 97.2 Å². The van der Waals surface area contributed by atoms with Crippen LogP contribution in [0.25, 0.3) is 0 Å². The Morgan fingerprint density at radius 2 is 0.731 bits per heavy atom. The van der Waals surface area contributed by atoms with E-state index in [1.165, 1.54) is 141 Å². The van der Waals surface area contributed by atoms with Crippen LogP contribution in [0.4, 0.5) is 0 Å². The molecule has 0 amide bonds. The Hall–Kier alpha value is -3.07. The van der Waals surface area contributed by atoms with Crippen molar-refractivity contribution in [1.29, 1.82) is 0 Å². The third-order valence-corrected chi connectivity index (χ3v) is 14.6. The minimum atomic E-state index is -4.64. The molecule has 10 heteroatoms. The highest BCUT2D eigenvalue weighted by Gasteiger charge is 2.22. The summed E-state index contributed by atoms with van der Waals surface area (Å²) in [5.74, 6) is -0.832. The predicted octanol–water partition coefficient (Wildman–Crippen LogP) is 19.7. The zero-order chi connectivity index (χ0) is 57.0. The molecular weight excluding hydrogens is 990 g/mol. The molecule has 0 rings (SSSR count). The Labute approximate surface area is 481 Å². The van der Waals surface area contributed by atoms with E-state index in [9.17, 15) is 19.0 Å². The third-order valence-electron chi connectivity index (χ3n) is 13.6. The van der Waals surface area contributed by atoms with Gasteiger partial charge in [-0.2, -0.15) is 0 Å². The standard InChI is InChI=1S/C68H120NO8P/c1-6-8-10-12-14-16-18-20-22-24-26-27-28-29-30-31-32-33-34-35-36-37-38-39-40-41-43-45-47-49-51-53-55-57-59-61-68(71)77-66(65-76-78(72,73)75-63-62-69(3,4)5)64-74-67(70)60-58-56-54-52-50-48-46-44-42-25-23-21-19-17-15-13-11-9-7-2/h8,10,14,16,20,22,26-27,29-30,32-33,35-36,38-39,66H,6-7,9,11-13,15,17-19,21,23-25,28,31,34,37,40-65H2,1-5H3/b10-8-,16-14-,22-20-,27-26-,30-29-,33-32-,36-35-,39-38-. The Balaban J connectivity index is 4.11. The maximum atomic E-state index is 12.8. The molecule has 0 heterocycles. The molecule has 0 saturated carbocycles. The molecule has 0 aliphatic carbocycles. The van der Waals surface area contributed by atoms with Crippen molar-refractivity contribution in [1.82, 2.24) is 0 Å². The van der Waals surface area contributed by atoms with Crippen molar-refractivity contribution in [2.75, 3.05) is 47.5 Å². The van der Waals surface area contributed by atoms with E-state index < -0.39 is 26.5 Å². The number of allylic oxidation sites excluding steroid dienone is 16. The summed E-state index contributed by atoms with van der Waals surface area (Å²) in [4.78, 5) is 37.9. The van der Waals surface area contributed by atoms with Crippen molar-refractivity contribution in [3.63, 3.8) is 0 Å². The number of hydrogen-bond donors (Lipinski definition) is 0. The molecule has 0 saturated heterocycles. The fourth-order valence-electron chi connectivity index (χ4n) is 8.73. The lowest BCUT2D eigenvalue weighted by atomic mass is 10.0. The molecular formula is C68H120NO8P. The van der Waals surface area contributed by atoms with Crippen LogP contribution in [-0.2, 0) is 32.7 Å². The predicted molar refractivity (Wildman–Crippen MR) is 332 cm³/mol. The van der Waals surface area contributed by atoms with E-state index in [1.54, 1.807) is 0 Å². The summed E-state index contributed by atoms with van der Waals surface area (Å²) < 4.78 is 34.2. The van der Waals surface area contributed by atoms with E-state index in [2.05, 4.69) is 111 Å². The van der Waals surface area contributed by atoms with Gasteiger partial charge in [0.15, 0.2) is 6.10 Å². The lowest BCUT2D eigenvalue weighted by molar-refractivity contribution is -0.870. The van der Waals surface area contributed by atoms with Crippen LogP contribution in [0.1, 0.15) is 271 Å². The second-order valence-electron chi connectivity index (χ2n) is 22.4. The van der Waals surface area contributed by atoms with Crippen molar-refractivity contribution in [2.24, 2.45) is 0 Å². The average molecular weight is 1110 g/mol. The third kappa shape index (κ3) is 62.1. The van der Waals surface area contributed by atoms with E-state index in [-0.39, 0.29) is 32.0 Å². The molecule has 0 aromatic carbocycles. The zero-order valence-corrected chi connectivity index (χ0v) is 52.0. The van der Waals surface area contributed by atoms with Gasteiger partial charge in [0, 0.05) is 12.8 Å². The molecule has 2 atom stereocenters. The van der Waals surface area contributed by atoms with Crippen molar-refractivity contribution < 1.29 is 42.1 Å². The number of unbranched alkanes of at least 4 members (excludes halogenated alkanes) is 28. The van der Waals surface area contributed by atoms with Gasteiger partial charge < -0.3 is 27.9 Å². The second-order valence-corrected chi connectivity index (χ2v) is 23.8. The summed E-state index contributed by atoms with van der Waals surface area (Å²) in [6.45, 7) is 4.14. The molecule has 0 bridgehead atoms. The summed E-state index contributed by atoms with van der Waals surface area (Å²) >= 11 is 0. The number of phosphoric ester groups is 1. The lowest BCUT2D eigenvalue weighted by Gasteiger charge is -2.28.